The lowest BCUT2D eigenvalue weighted by Crippen LogP contribution is -2.49. The van der Waals surface area contributed by atoms with E-state index in [1.54, 1.807) is 0 Å². The molecule has 13 heteroatoms. The fourth-order valence-corrected chi connectivity index (χ4v) is 8.28. The molecular formula is C46H90N2O10P. The van der Waals surface area contributed by atoms with E-state index in [2.05, 4.69) is 13.8 Å². The zero-order valence-corrected chi connectivity index (χ0v) is 39.9. The van der Waals surface area contributed by atoms with E-state index in [4.69, 9.17) is 23.3 Å². The number of quaternary nitrogens is 1. The van der Waals surface area contributed by atoms with Crippen LogP contribution in [-0.2, 0) is 42.6 Å². The Morgan fingerprint density at radius 2 is 1.08 bits per heavy atom. The lowest BCUT2D eigenvalue weighted by molar-refractivity contribution is -0.870. The summed E-state index contributed by atoms with van der Waals surface area (Å²) in [5.74, 6) is -0.953. The molecule has 3 atom stereocenters. The Hall–Kier alpha value is -1.11. The summed E-state index contributed by atoms with van der Waals surface area (Å²) >= 11 is 0. The number of unbranched alkanes of at least 4 members (excludes halogenated alkanes) is 22. The first-order valence-electron chi connectivity index (χ1n) is 23.9. The summed E-state index contributed by atoms with van der Waals surface area (Å²) in [7, 11) is 1.07. The number of rotatable bonds is 40. The smallest absolute Gasteiger partial charge is 0.306 e. The predicted molar refractivity (Wildman–Crippen MR) is 234 cm³/mol. The molecule has 0 bridgehead atoms. The Morgan fingerprint density at radius 3 is 1.53 bits per heavy atom. The summed E-state index contributed by atoms with van der Waals surface area (Å²) in [6, 6.07) is 0. The molecular weight excluding hydrogens is 771 g/mol. The molecule has 0 amide bonds. The molecule has 0 aromatic carbocycles. The Morgan fingerprint density at radius 1 is 0.661 bits per heavy atom. The van der Waals surface area contributed by atoms with E-state index in [0.717, 1.165) is 32.1 Å². The van der Waals surface area contributed by atoms with Gasteiger partial charge in [0.15, 0.2) is 6.10 Å². The quantitative estimate of drug-likeness (QED) is 0.0253. The van der Waals surface area contributed by atoms with Gasteiger partial charge in [-0.25, -0.2) is 0 Å². The fraction of sp³-hybridized carbons (Fsp3) is 0.957. The lowest BCUT2D eigenvalue weighted by Gasteiger charge is -2.35. The maximum atomic E-state index is 13.4. The number of carbonyl (C=O) groups excluding carboxylic acids is 2. The van der Waals surface area contributed by atoms with Crippen LogP contribution in [-0.4, -0.2) is 93.0 Å². The normalized spacial score (nSPS) is 18.5. The molecule has 1 rings (SSSR count). The van der Waals surface area contributed by atoms with Crippen LogP contribution < -0.4 is 4.89 Å². The molecule has 1 aliphatic rings. The highest BCUT2D eigenvalue weighted by molar-refractivity contribution is 7.45. The minimum atomic E-state index is -4.68. The van der Waals surface area contributed by atoms with Crippen LogP contribution in [0.15, 0.2) is 0 Å². The minimum absolute atomic E-state index is 0.0596. The van der Waals surface area contributed by atoms with Crippen molar-refractivity contribution in [2.24, 2.45) is 0 Å². The predicted octanol–water partition coefficient (Wildman–Crippen LogP) is 11.2. The topological polar surface area (TPSA) is 144 Å². The van der Waals surface area contributed by atoms with Crippen LogP contribution in [0, 0.1) is 0 Å². The van der Waals surface area contributed by atoms with Gasteiger partial charge in [0.1, 0.15) is 25.5 Å². The molecule has 0 aromatic rings. The van der Waals surface area contributed by atoms with Crippen molar-refractivity contribution in [2.45, 2.75) is 231 Å². The van der Waals surface area contributed by atoms with E-state index in [0.29, 0.717) is 56.2 Å². The van der Waals surface area contributed by atoms with Gasteiger partial charge in [0.05, 0.1) is 39.9 Å². The largest absolute Gasteiger partial charge is 0.756 e. The number of hydrogen-bond donors (Lipinski definition) is 0. The number of nitrogens with zero attached hydrogens (tertiary/aromatic N) is 2. The molecule has 1 saturated heterocycles. The second-order valence-electron chi connectivity index (χ2n) is 18.9. The number of phosphoric acid groups is 1. The SMILES string of the molecule is CCCCCCCCCCCCCCCC(=O)OCC(COP(=O)([O-])OCC[N+](C)(C)C)OC(=O)CCCCCC1(CCCCCCCCCCC)OCC(C)(C)N1[O]. The summed E-state index contributed by atoms with van der Waals surface area (Å²) < 4.78 is 40.4. The van der Waals surface area contributed by atoms with Crippen molar-refractivity contribution in [1.29, 1.82) is 0 Å². The molecule has 1 radical (unpaired) electrons. The Labute approximate surface area is 361 Å². The molecule has 0 N–H and O–H groups in total. The first kappa shape index (κ1) is 55.9. The summed E-state index contributed by atoms with van der Waals surface area (Å²) in [5.41, 5.74) is -1.43. The summed E-state index contributed by atoms with van der Waals surface area (Å²) in [6.45, 7) is 8.28. The van der Waals surface area contributed by atoms with Crippen molar-refractivity contribution in [3.8, 4) is 0 Å². The van der Waals surface area contributed by atoms with Crippen molar-refractivity contribution in [1.82, 2.24) is 5.06 Å². The van der Waals surface area contributed by atoms with Crippen LogP contribution in [0.3, 0.4) is 0 Å². The van der Waals surface area contributed by atoms with Gasteiger partial charge in [-0.2, -0.15) is 0 Å². The molecule has 0 aliphatic carbocycles. The van der Waals surface area contributed by atoms with E-state index >= 15 is 0 Å². The van der Waals surface area contributed by atoms with Gasteiger partial charge in [-0.15, -0.1) is 10.3 Å². The van der Waals surface area contributed by atoms with Crippen LogP contribution >= 0.6 is 7.82 Å². The highest BCUT2D eigenvalue weighted by Gasteiger charge is 2.51. The first-order valence-corrected chi connectivity index (χ1v) is 25.4. The van der Waals surface area contributed by atoms with E-state index in [9.17, 15) is 24.3 Å². The molecule has 12 nitrogen and oxygen atoms in total. The average molecular weight is 862 g/mol. The standard InChI is InChI=1S/C46H90N2O10P/c1-8-10-12-14-16-18-19-20-21-22-24-26-29-33-43(49)54-39-42(40-57-59(52,53)56-38-37-48(5,6)7)58-44(50)34-30-28-32-36-46(47(51)45(3,4)41-55-46)35-31-27-25-23-17-15-13-11-9-2/h42H,8-41H2,1-7H3. The summed E-state index contributed by atoms with van der Waals surface area (Å²) in [5, 5.41) is 14.6. The lowest BCUT2D eigenvalue weighted by atomic mass is 9.95. The molecule has 349 valence electrons. The van der Waals surface area contributed by atoms with Crippen molar-refractivity contribution in [2.75, 3.05) is 54.1 Å². The monoisotopic (exact) mass is 862 g/mol. The Bertz CT molecular complexity index is 1120. The Kier molecular flexibility index (Phi) is 30.8. The number of hydroxylamine groups is 2. The van der Waals surface area contributed by atoms with Gasteiger partial charge in [-0.1, -0.05) is 149 Å². The van der Waals surface area contributed by atoms with E-state index in [1.807, 2.05) is 35.0 Å². The second kappa shape index (κ2) is 32.5. The fourth-order valence-electron chi connectivity index (χ4n) is 7.56. The third kappa shape index (κ3) is 29.0. The summed E-state index contributed by atoms with van der Waals surface area (Å²) in [4.78, 5) is 38.0. The van der Waals surface area contributed by atoms with Crippen LogP contribution in [0.4, 0.5) is 0 Å². The number of esters is 2. The second-order valence-corrected chi connectivity index (χ2v) is 20.3. The zero-order valence-electron chi connectivity index (χ0n) is 39.0. The van der Waals surface area contributed by atoms with Crippen LogP contribution in [0.1, 0.15) is 214 Å². The molecule has 0 saturated carbocycles. The van der Waals surface area contributed by atoms with Gasteiger partial charge in [-0.3, -0.25) is 14.2 Å². The zero-order chi connectivity index (χ0) is 43.9. The minimum Gasteiger partial charge on any atom is -0.756 e. The number of phosphoric ester groups is 1. The van der Waals surface area contributed by atoms with E-state index in [1.165, 1.54) is 108 Å². The molecule has 59 heavy (non-hydrogen) atoms. The van der Waals surface area contributed by atoms with Gasteiger partial charge in [0, 0.05) is 12.8 Å². The molecule has 0 aromatic heterocycles. The first-order chi connectivity index (χ1) is 28.1. The maximum Gasteiger partial charge on any atom is 0.306 e. The van der Waals surface area contributed by atoms with Gasteiger partial charge >= 0.3 is 11.9 Å². The number of likely N-dealkylation sites (N-methyl/N-ethyl adjacent to an activating group) is 1. The third-order valence-corrected chi connectivity index (χ3v) is 12.3. The van der Waals surface area contributed by atoms with Crippen molar-refractivity contribution in [3.05, 3.63) is 0 Å². The van der Waals surface area contributed by atoms with E-state index < -0.39 is 43.7 Å². The van der Waals surface area contributed by atoms with Crippen LogP contribution in [0.5, 0.6) is 0 Å². The van der Waals surface area contributed by atoms with Crippen molar-refractivity contribution < 1.29 is 52.0 Å². The third-order valence-electron chi connectivity index (χ3n) is 11.4. The molecule has 1 fully saturated rings. The number of carbonyl (C=O) groups is 2. The summed E-state index contributed by atoms with van der Waals surface area (Å²) in [6.07, 6.45) is 29.0. The Balaban J connectivity index is 2.54. The molecule has 1 heterocycles. The van der Waals surface area contributed by atoms with Crippen molar-refractivity contribution in [3.63, 3.8) is 0 Å². The van der Waals surface area contributed by atoms with Crippen LogP contribution in [0.25, 0.3) is 0 Å². The molecule has 3 unspecified atom stereocenters. The van der Waals surface area contributed by atoms with Gasteiger partial charge in [-0.05, 0) is 52.4 Å². The highest BCUT2D eigenvalue weighted by Crippen LogP contribution is 2.41. The molecule has 1 aliphatic heterocycles. The van der Waals surface area contributed by atoms with Gasteiger partial charge in [0.2, 0.25) is 0 Å². The van der Waals surface area contributed by atoms with E-state index in [-0.39, 0.29) is 26.1 Å². The number of ether oxygens (including phenoxy) is 3. The van der Waals surface area contributed by atoms with Crippen molar-refractivity contribution >= 4 is 19.8 Å². The number of hydrogen-bond acceptors (Lipinski definition) is 10. The average Bonchev–Trinajstić information content (AvgIpc) is 3.40. The maximum absolute atomic E-state index is 13.4. The van der Waals surface area contributed by atoms with Gasteiger partial charge < -0.3 is 32.6 Å². The molecule has 0 spiro atoms. The van der Waals surface area contributed by atoms with Gasteiger partial charge in [0.25, 0.3) is 7.82 Å². The van der Waals surface area contributed by atoms with Crippen LogP contribution in [0.2, 0.25) is 0 Å². The highest BCUT2D eigenvalue weighted by atomic mass is 31.2.